The molecular weight excluding hydrogens is 335 g/mol. The van der Waals surface area contributed by atoms with E-state index in [-0.39, 0.29) is 16.5 Å². The molecule has 26 heavy (non-hydrogen) atoms. The lowest BCUT2D eigenvalue weighted by atomic mass is 9.97. The number of nitrogens with zero attached hydrogens (tertiary/aromatic N) is 1. The minimum absolute atomic E-state index is 0.0564. The van der Waals surface area contributed by atoms with Crippen molar-refractivity contribution in [3.8, 4) is 17.2 Å². The molecule has 132 valence electrons. The Balaban J connectivity index is 2.02. The van der Waals surface area contributed by atoms with Gasteiger partial charge in [0.25, 0.3) is 0 Å². The van der Waals surface area contributed by atoms with Crippen LogP contribution in [-0.4, -0.2) is 0 Å². The lowest BCUT2D eigenvalue weighted by Gasteiger charge is -2.10. The highest BCUT2D eigenvalue weighted by Crippen LogP contribution is 2.31. The highest BCUT2D eigenvalue weighted by molar-refractivity contribution is 5.89. The predicted molar refractivity (Wildman–Crippen MR) is 97.2 cm³/mol. The molecule has 0 atom stereocenters. The summed E-state index contributed by atoms with van der Waals surface area (Å²) in [4.78, 5) is 0. The molecule has 0 amide bonds. The van der Waals surface area contributed by atoms with Crippen molar-refractivity contribution in [3.05, 3.63) is 71.0 Å². The molecule has 0 unspecified atom stereocenters. The van der Waals surface area contributed by atoms with Gasteiger partial charge in [-0.1, -0.05) is 38.0 Å². The van der Waals surface area contributed by atoms with Gasteiger partial charge in [0, 0.05) is 5.39 Å². The molecule has 0 heterocycles. The topological polar surface area (TPSA) is 23.8 Å². The van der Waals surface area contributed by atoms with Crippen LogP contribution in [0.1, 0.15) is 37.3 Å². The summed E-state index contributed by atoms with van der Waals surface area (Å²) >= 11 is 0. The molecule has 3 aromatic carbocycles. The fourth-order valence-electron chi connectivity index (χ4n) is 3.16. The normalized spacial score (nSPS) is 10.9. The SMILES string of the molecule is CCCCCc1cc(F)c(-c2ccc3c(F)c(C#N)ccc3c2)c(F)c1. The number of unbranched alkanes of at least 4 members (excludes halogenated alkanes) is 2. The van der Waals surface area contributed by atoms with Crippen LogP contribution >= 0.6 is 0 Å². The van der Waals surface area contributed by atoms with E-state index in [1.54, 1.807) is 12.1 Å². The Kier molecular flexibility index (Phi) is 5.27. The van der Waals surface area contributed by atoms with Crippen LogP contribution in [0.25, 0.3) is 21.9 Å². The fourth-order valence-corrected chi connectivity index (χ4v) is 3.16. The Labute approximate surface area is 150 Å². The van der Waals surface area contributed by atoms with Crippen LogP contribution in [0.5, 0.6) is 0 Å². The molecular formula is C22H18F3N. The highest BCUT2D eigenvalue weighted by Gasteiger charge is 2.15. The molecule has 0 spiro atoms. The lowest BCUT2D eigenvalue weighted by molar-refractivity contribution is 0.584. The van der Waals surface area contributed by atoms with E-state index in [1.807, 2.05) is 0 Å². The van der Waals surface area contributed by atoms with Crippen molar-refractivity contribution in [1.82, 2.24) is 0 Å². The van der Waals surface area contributed by atoms with Crippen LogP contribution < -0.4 is 0 Å². The van der Waals surface area contributed by atoms with E-state index < -0.39 is 17.5 Å². The van der Waals surface area contributed by atoms with Gasteiger partial charge in [-0.05, 0) is 53.6 Å². The van der Waals surface area contributed by atoms with Crippen LogP contribution in [0.4, 0.5) is 13.2 Å². The minimum Gasteiger partial charge on any atom is -0.206 e. The first kappa shape index (κ1) is 18.0. The fraction of sp³-hybridized carbons (Fsp3) is 0.227. The molecule has 0 saturated carbocycles. The van der Waals surface area contributed by atoms with Gasteiger partial charge in [0.1, 0.15) is 23.5 Å². The smallest absolute Gasteiger partial charge is 0.148 e. The lowest BCUT2D eigenvalue weighted by Crippen LogP contribution is -1.96. The van der Waals surface area contributed by atoms with Gasteiger partial charge >= 0.3 is 0 Å². The average Bonchev–Trinajstić information content (AvgIpc) is 2.62. The summed E-state index contributed by atoms with van der Waals surface area (Å²) in [6, 6.07) is 11.9. The first-order chi connectivity index (χ1) is 12.5. The van der Waals surface area contributed by atoms with Crippen LogP contribution in [0.15, 0.2) is 42.5 Å². The third-order valence-corrected chi connectivity index (χ3v) is 4.53. The summed E-state index contributed by atoms with van der Waals surface area (Å²) in [5, 5.41) is 9.64. The number of hydrogen-bond donors (Lipinski definition) is 0. The maximum atomic E-state index is 14.5. The Morgan fingerprint density at radius 1 is 0.923 bits per heavy atom. The van der Waals surface area contributed by atoms with Gasteiger partial charge in [-0.25, -0.2) is 13.2 Å². The number of aryl methyl sites for hydroxylation is 1. The van der Waals surface area contributed by atoms with E-state index in [1.165, 1.54) is 36.4 Å². The molecule has 0 bridgehead atoms. The van der Waals surface area contributed by atoms with Crippen molar-refractivity contribution in [2.45, 2.75) is 32.6 Å². The molecule has 0 aliphatic carbocycles. The third-order valence-electron chi connectivity index (χ3n) is 4.53. The van der Waals surface area contributed by atoms with Crippen LogP contribution in [0, 0.1) is 28.8 Å². The molecule has 0 N–H and O–H groups in total. The van der Waals surface area contributed by atoms with Gasteiger partial charge in [-0.3, -0.25) is 0 Å². The number of rotatable bonds is 5. The summed E-state index contributed by atoms with van der Waals surface area (Å²) in [6.07, 6.45) is 3.60. The largest absolute Gasteiger partial charge is 0.206 e. The number of benzene rings is 3. The Bertz CT molecular complexity index is 979. The zero-order chi connectivity index (χ0) is 18.7. The van der Waals surface area contributed by atoms with Crippen molar-refractivity contribution >= 4 is 10.8 Å². The van der Waals surface area contributed by atoms with Crippen LogP contribution in [0.3, 0.4) is 0 Å². The Morgan fingerprint density at radius 2 is 1.65 bits per heavy atom. The molecule has 0 aromatic heterocycles. The van der Waals surface area contributed by atoms with E-state index >= 15 is 0 Å². The van der Waals surface area contributed by atoms with Crippen LogP contribution in [-0.2, 0) is 6.42 Å². The summed E-state index contributed by atoms with van der Waals surface area (Å²) in [6.45, 7) is 2.08. The first-order valence-electron chi connectivity index (χ1n) is 8.65. The molecule has 0 aliphatic rings. The van der Waals surface area contributed by atoms with Gasteiger partial charge in [0.05, 0.1) is 11.1 Å². The van der Waals surface area contributed by atoms with Gasteiger partial charge in [0.2, 0.25) is 0 Å². The van der Waals surface area contributed by atoms with E-state index in [2.05, 4.69) is 6.92 Å². The molecule has 0 fully saturated rings. The number of nitriles is 1. The van der Waals surface area contributed by atoms with Crippen LogP contribution in [0.2, 0.25) is 0 Å². The first-order valence-corrected chi connectivity index (χ1v) is 8.65. The summed E-state index contributed by atoms with van der Waals surface area (Å²) < 4.78 is 43.3. The standard InChI is InChI=1S/C22H18F3N/c1-2-3-4-5-14-10-19(23)21(20(24)11-14)16-8-9-18-15(12-16)6-7-17(13-26)22(18)25/h6-12H,2-5H2,1H3. The second kappa shape index (κ2) is 7.61. The van der Waals surface area contributed by atoms with Crippen molar-refractivity contribution in [2.24, 2.45) is 0 Å². The summed E-state index contributed by atoms with van der Waals surface area (Å²) in [5.41, 5.74) is 0.814. The van der Waals surface area contributed by atoms with Gasteiger partial charge in [-0.2, -0.15) is 5.26 Å². The Hall–Kier alpha value is -2.80. The Morgan fingerprint density at radius 3 is 2.31 bits per heavy atom. The molecule has 0 aliphatic heterocycles. The predicted octanol–water partition coefficient (Wildman–Crippen LogP) is 6.53. The van der Waals surface area contributed by atoms with Crippen molar-refractivity contribution in [3.63, 3.8) is 0 Å². The van der Waals surface area contributed by atoms with Gasteiger partial charge in [-0.15, -0.1) is 0 Å². The van der Waals surface area contributed by atoms with Crippen molar-refractivity contribution in [1.29, 1.82) is 5.26 Å². The van der Waals surface area contributed by atoms with E-state index in [0.717, 1.165) is 19.3 Å². The second-order valence-electron chi connectivity index (χ2n) is 6.37. The number of hydrogen-bond acceptors (Lipinski definition) is 1. The number of fused-ring (bicyclic) bond motifs is 1. The minimum atomic E-state index is -0.622. The third kappa shape index (κ3) is 3.43. The second-order valence-corrected chi connectivity index (χ2v) is 6.37. The zero-order valence-electron chi connectivity index (χ0n) is 14.5. The van der Waals surface area contributed by atoms with Crippen molar-refractivity contribution < 1.29 is 13.2 Å². The quantitative estimate of drug-likeness (QED) is 0.479. The van der Waals surface area contributed by atoms with E-state index in [4.69, 9.17) is 5.26 Å². The monoisotopic (exact) mass is 353 g/mol. The summed E-state index contributed by atoms with van der Waals surface area (Å²) in [5.74, 6) is -1.86. The van der Waals surface area contributed by atoms with E-state index in [0.29, 0.717) is 22.9 Å². The number of halogens is 3. The van der Waals surface area contributed by atoms with Crippen molar-refractivity contribution in [2.75, 3.05) is 0 Å². The molecule has 3 aromatic rings. The maximum absolute atomic E-state index is 14.5. The van der Waals surface area contributed by atoms with Gasteiger partial charge < -0.3 is 0 Å². The molecule has 0 saturated heterocycles. The van der Waals surface area contributed by atoms with Gasteiger partial charge in [0.15, 0.2) is 0 Å². The summed E-state index contributed by atoms with van der Waals surface area (Å²) in [7, 11) is 0. The average molecular weight is 353 g/mol. The molecule has 3 rings (SSSR count). The molecule has 0 radical (unpaired) electrons. The zero-order valence-corrected chi connectivity index (χ0v) is 14.5. The highest BCUT2D eigenvalue weighted by atomic mass is 19.1. The molecule has 4 heteroatoms. The maximum Gasteiger partial charge on any atom is 0.148 e. The molecule has 1 nitrogen and oxygen atoms in total. The van der Waals surface area contributed by atoms with E-state index in [9.17, 15) is 13.2 Å².